The van der Waals surface area contributed by atoms with Crippen LogP contribution in [0.1, 0.15) is 18.1 Å². The first-order chi connectivity index (χ1) is 14.5. The van der Waals surface area contributed by atoms with Gasteiger partial charge in [-0.1, -0.05) is 60.1 Å². The van der Waals surface area contributed by atoms with Crippen LogP contribution in [0.3, 0.4) is 0 Å². The number of aromatic amines is 1. The second kappa shape index (κ2) is 8.46. The third-order valence-electron chi connectivity index (χ3n) is 4.77. The van der Waals surface area contributed by atoms with Gasteiger partial charge in [0.25, 0.3) is 0 Å². The molecule has 0 radical (unpaired) electrons. The highest BCUT2D eigenvalue weighted by molar-refractivity contribution is 7.71. The fraction of sp³-hybridized carbons (Fsp3) is 0.182. The van der Waals surface area contributed by atoms with E-state index in [-0.39, 0.29) is 18.3 Å². The van der Waals surface area contributed by atoms with E-state index in [0.717, 1.165) is 23.1 Å². The lowest BCUT2D eigenvalue weighted by Gasteiger charge is -2.07. The molecule has 0 aliphatic heterocycles. The first kappa shape index (κ1) is 19.8. The van der Waals surface area contributed by atoms with Crippen molar-refractivity contribution in [2.45, 2.75) is 26.8 Å². The lowest BCUT2D eigenvalue weighted by atomic mass is 10.1. The summed E-state index contributed by atoms with van der Waals surface area (Å²) in [6.07, 6.45) is 0.974. The summed E-state index contributed by atoms with van der Waals surface area (Å²) >= 11 is 5.31. The summed E-state index contributed by atoms with van der Waals surface area (Å²) in [5.74, 6) is 0.597. The van der Waals surface area contributed by atoms with E-state index in [9.17, 15) is 4.79 Å². The predicted octanol–water partition coefficient (Wildman–Crippen LogP) is 4.77. The van der Waals surface area contributed by atoms with Gasteiger partial charge in [-0.05, 0) is 37.2 Å². The fourth-order valence-corrected chi connectivity index (χ4v) is 3.37. The number of aryl methyl sites for hydroxylation is 2. The molecule has 2 N–H and O–H groups in total. The van der Waals surface area contributed by atoms with E-state index < -0.39 is 0 Å². The Kier molecular flexibility index (Phi) is 5.58. The Morgan fingerprint density at radius 2 is 1.97 bits per heavy atom. The van der Waals surface area contributed by atoms with Gasteiger partial charge in [-0.25, -0.2) is 0 Å². The minimum Gasteiger partial charge on any atom is -0.338 e. The molecule has 0 saturated heterocycles. The topological polar surface area (TPSA) is 88.7 Å². The van der Waals surface area contributed by atoms with Crippen molar-refractivity contribution < 1.29 is 9.32 Å². The summed E-state index contributed by atoms with van der Waals surface area (Å²) in [7, 11) is 0. The number of anilines is 1. The van der Waals surface area contributed by atoms with Crippen molar-refractivity contribution in [2.75, 3.05) is 5.32 Å². The van der Waals surface area contributed by atoms with Crippen LogP contribution in [0, 0.1) is 11.7 Å². The quantitative estimate of drug-likeness (QED) is 0.439. The Hall–Kier alpha value is -3.52. The van der Waals surface area contributed by atoms with E-state index in [1.807, 2.05) is 43.3 Å². The van der Waals surface area contributed by atoms with Crippen molar-refractivity contribution in [1.82, 2.24) is 19.9 Å². The molecule has 0 aliphatic carbocycles. The zero-order chi connectivity index (χ0) is 21.1. The van der Waals surface area contributed by atoms with Crippen LogP contribution in [0.4, 0.5) is 5.88 Å². The number of carbonyl (C=O) groups is 1. The summed E-state index contributed by atoms with van der Waals surface area (Å²) in [6.45, 7) is 4.11. The number of nitrogens with one attached hydrogen (secondary N) is 2. The van der Waals surface area contributed by atoms with Crippen LogP contribution >= 0.6 is 12.2 Å². The number of amides is 1. The van der Waals surface area contributed by atoms with E-state index in [0.29, 0.717) is 16.3 Å². The van der Waals surface area contributed by atoms with Crippen molar-refractivity contribution in [3.05, 3.63) is 70.5 Å². The molecule has 7 nitrogen and oxygen atoms in total. The van der Waals surface area contributed by atoms with Gasteiger partial charge in [0, 0.05) is 17.2 Å². The number of H-pyrrole nitrogens is 1. The standard InChI is InChI=1S/C22H21N5O2S/c1-3-15-7-9-16(10-8-15)18-12-20(29-26-18)23-19(28)13-27-21(24-25-22(27)30)17-6-4-5-14(2)11-17/h4-12H,3,13H2,1-2H3,(H,23,28)(H,25,30). The van der Waals surface area contributed by atoms with Crippen LogP contribution in [-0.4, -0.2) is 25.8 Å². The minimum absolute atomic E-state index is 0.000160. The van der Waals surface area contributed by atoms with Crippen LogP contribution in [0.5, 0.6) is 0 Å². The molecule has 0 spiro atoms. The van der Waals surface area contributed by atoms with Crippen LogP contribution in [0.2, 0.25) is 0 Å². The molecule has 2 aromatic carbocycles. The normalized spacial score (nSPS) is 10.9. The average Bonchev–Trinajstić information content (AvgIpc) is 3.35. The Labute approximate surface area is 178 Å². The van der Waals surface area contributed by atoms with Gasteiger partial charge in [-0.3, -0.25) is 19.8 Å². The highest BCUT2D eigenvalue weighted by atomic mass is 32.1. The van der Waals surface area contributed by atoms with Crippen molar-refractivity contribution >= 4 is 24.0 Å². The third kappa shape index (κ3) is 4.23. The number of aromatic nitrogens is 4. The fourth-order valence-electron chi connectivity index (χ4n) is 3.17. The molecule has 30 heavy (non-hydrogen) atoms. The summed E-state index contributed by atoms with van der Waals surface area (Å²) in [5.41, 5.74) is 4.81. The summed E-state index contributed by atoms with van der Waals surface area (Å²) < 4.78 is 7.31. The predicted molar refractivity (Wildman–Crippen MR) is 118 cm³/mol. The molecular formula is C22H21N5O2S. The van der Waals surface area contributed by atoms with Gasteiger partial charge in [0.05, 0.1) is 0 Å². The lowest BCUT2D eigenvalue weighted by molar-refractivity contribution is -0.116. The molecule has 0 atom stereocenters. The molecule has 0 aliphatic rings. The van der Waals surface area contributed by atoms with Crippen molar-refractivity contribution in [2.24, 2.45) is 0 Å². The minimum atomic E-state index is -0.287. The zero-order valence-corrected chi connectivity index (χ0v) is 17.5. The molecule has 4 rings (SSSR count). The van der Waals surface area contributed by atoms with Gasteiger partial charge in [0.2, 0.25) is 11.8 Å². The van der Waals surface area contributed by atoms with Gasteiger partial charge >= 0.3 is 0 Å². The summed E-state index contributed by atoms with van der Waals surface area (Å²) in [4.78, 5) is 12.6. The first-order valence-corrected chi connectivity index (χ1v) is 10.0. The summed E-state index contributed by atoms with van der Waals surface area (Å²) in [6, 6.07) is 17.6. The monoisotopic (exact) mass is 419 g/mol. The molecule has 0 saturated carbocycles. The number of nitrogens with zero attached hydrogens (tertiary/aromatic N) is 3. The Morgan fingerprint density at radius 3 is 2.70 bits per heavy atom. The van der Waals surface area contributed by atoms with Gasteiger partial charge in [0.1, 0.15) is 12.2 Å². The number of hydrogen-bond acceptors (Lipinski definition) is 5. The molecule has 0 fully saturated rings. The smallest absolute Gasteiger partial charge is 0.246 e. The maximum atomic E-state index is 12.6. The Morgan fingerprint density at radius 1 is 1.17 bits per heavy atom. The Balaban J connectivity index is 1.49. The second-order valence-electron chi connectivity index (χ2n) is 6.98. The van der Waals surface area contributed by atoms with Crippen molar-refractivity contribution in [3.63, 3.8) is 0 Å². The van der Waals surface area contributed by atoms with Crippen LogP contribution in [-0.2, 0) is 17.8 Å². The zero-order valence-electron chi connectivity index (χ0n) is 16.7. The van der Waals surface area contributed by atoms with E-state index in [2.05, 4.69) is 39.7 Å². The van der Waals surface area contributed by atoms with Crippen LogP contribution < -0.4 is 5.32 Å². The van der Waals surface area contributed by atoms with Gasteiger partial charge in [-0.2, -0.15) is 5.10 Å². The van der Waals surface area contributed by atoms with Gasteiger partial charge < -0.3 is 4.52 Å². The molecule has 0 unspecified atom stereocenters. The number of rotatable bonds is 6. The van der Waals surface area contributed by atoms with E-state index in [1.54, 1.807) is 10.6 Å². The molecule has 152 valence electrons. The molecule has 4 aromatic rings. The first-order valence-electron chi connectivity index (χ1n) is 9.61. The van der Waals surface area contributed by atoms with Crippen molar-refractivity contribution in [3.8, 4) is 22.6 Å². The number of benzene rings is 2. The van der Waals surface area contributed by atoms with E-state index in [1.165, 1.54) is 5.56 Å². The van der Waals surface area contributed by atoms with Gasteiger partial charge in [0.15, 0.2) is 10.6 Å². The lowest BCUT2D eigenvalue weighted by Crippen LogP contribution is -2.19. The maximum absolute atomic E-state index is 12.6. The highest BCUT2D eigenvalue weighted by Gasteiger charge is 2.15. The molecule has 2 aromatic heterocycles. The average molecular weight is 420 g/mol. The van der Waals surface area contributed by atoms with Crippen molar-refractivity contribution in [1.29, 1.82) is 0 Å². The van der Waals surface area contributed by atoms with Crippen LogP contribution in [0.25, 0.3) is 22.6 Å². The third-order valence-corrected chi connectivity index (χ3v) is 5.08. The molecule has 1 amide bonds. The summed E-state index contributed by atoms with van der Waals surface area (Å²) in [5, 5.41) is 13.8. The molecule has 2 heterocycles. The number of hydrogen-bond donors (Lipinski definition) is 2. The maximum Gasteiger partial charge on any atom is 0.246 e. The highest BCUT2D eigenvalue weighted by Crippen LogP contribution is 2.23. The SMILES string of the molecule is CCc1ccc(-c2cc(NC(=O)Cn3c(-c4cccc(C)c4)n[nH]c3=S)on2)cc1. The van der Waals surface area contributed by atoms with E-state index in [4.69, 9.17) is 16.7 Å². The van der Waals surface area contributed by atoms with E-state index >= 15 is 0 Å². The Bertz CT molecular complexity index is 1240. The molecule has 0 bridgehead atoms. The van der Waals surface area contributed by atoms with Gasteiger partial charge in [-0.15, -0.1) is 0 Å². The largest absolute Gasteiger partial charge is 0.338 e. The second-order valence-corrected chi connectivity index (χ2v) is 7.37. The molecule has 8 heteroatoms. The number of carbonyl (C=O) groups excluding carboxylic acids is 1. The van der Waals surface area contributed by atoms with Crippen LogP contribution in [0.15, 0.2) is 59.1 Å². The molecular weight excluding hydrogens is 398 g/mol.